The molecule has 0 amide bonds. The predicted molar refractivity (Wildman–Crippen MR) is 74.9 cm³/mol. The first kappa shape index (κ1) is 14.9. The molecule has 0 aliphatic rings. The zero-order valence-corrected chi connectivity index (χ0v) is 12.2. The van der Waals surface area contributed by atoms with Crippen LogP contribution in [0.25, 0.3) is 0 Å². The Labute approximate surface area is 110 Å². The van der Waals surface area contributed by atoms with Crippen molar-refractivity contribution in [2.75, 3.05) is 18.5 Å². The molecule has 102 valence electrons. The van der Waals surface area contributed by atoms with Gasteiger partial charge in [0.25, 0.3) is 0 Å². The Morgan fingerprint density at radius 2 is 2.00 bits per heavy atom. The molecule has 1 aromatic rings. The maximum Gasteiger partial charge on any atom is 0.130 e. The first-order valence-corrected chi connectivity index (χ1v) is 6.75. The van der Waals surface area contributed by atoms with Crippen molar-refractivity contribution in [2.45, 2.75) is 47.1 Å². The first-order chi connectivity index (χ1) is 8.56. The average molecular weight is 251 g/mol. The lowest BCUT2D eigenvalue weighted by Crippen LogP contribution is -2.31. The molecule has 18 heavy (non-hydrogen) atoms. The Kier molecular flexibility index (Phi) is 6.05. The van der Waals surface area contributed by atoms with E-state index >= 15 is 0 Å². The number of hydrogen-bond acceptors (Lipinski definition) is 4. The first-order valence-electron chi connectivity index (χ1n) is 6.75. The highest BCUT2D eigenvalue weighted by Gasteiger charge is 2.14. The van der Waals surface area contributed by atoms with Crippen molar-refractivity contribution < 1.29 is 4.74 Å². The third-order valence-corrected chi connectivity index (χ3v) is 2.89. The monoisotopic (exact) mass is 251 g/mol. The maximum atomic E-state index is 5.51. The van der Waals surface area contributed by atoms with Crippen molar-refractivity contribution >= 4 is 5.82 Å². The number of hydrogen-bond donors (Lipinski definition) is 1. The largest absolute Gasteiger partial charge is 0.380 e. The standard InChI is InChI=1S/C14H25N3O/c1-6-12-8-14(16-11(5)15-12)17-13(10(3)4)9-18-7-2/h8,10,13H,6-7,9H2,1-5H3,(H,15,16,17). The molecule has 1 aromatic heterocycles. The van der Waals surface area contributed by atoms with E-state index in [0.717, 1.165) is 30.4 Å². The van der Waals surface area contributed by atoms with E-state index in [2.05, 4.69) is 36.1 Å². The highest BCUT2D eigenvalue weighted by atomic mass is 16.5. The van der Waals surface area contributed by atoms with Crippen LogP contribution in [0, 0.1) is 12.8 Å². The fourth-order valence-corrected chi connectivity index (χ4v) is 1.72. The van der Waals surface area contributed by atoms with Gasteiger partial charge in [-0.2, -0.15) is 0 Å². The van der Waals surface area contributed by atoms with Crippen LogP contribution in [0.2, 0.25) is 0 Å². The molecular formula is C14H25N3O. The summed E-state index contributed by atoms with van der Waals surface area (Å²) in [4.78, 5) is 8.82. The van der Waals surface area contributed by atoms with Crippen molar-refractivity contribution in [3.8, 4) is 0 Å². The predicted octanol–water partition coefficient (Wildman–Crippen LogP) is 2.82. The zero-order chi connectivity index (χ0) is 13.5. The normalized spacial score (nSPS) is 12.8. The van der Waals surface area contributed by atoms with E-state index in [9.17, 15) is 0 Å². The van der Waals surface area contributed by atoms with Gasteiger partial charge in [-0.05, 0) is 26.2 Å². The number of aromatic nitrogens is 2. The van der Waals surface area contributed by atoms with Crippen LogP contribution in [0.1, 0.15) is 39.2 Å². The van der Waals surface area contributed by atoms with Gasteiger partial charge >= 0.3 is 0 Å². The Morgan fingerprint density at radius 1 is 1.28 bits per heavy atom. The van der Waals surface area contributed by atoms with Gasteiger partial charge in [0.1, 0.15) is 11.6 Å². The van der Waals surface area contributed by atoms with Gasteiger partial charge in [0.05, 0.1) is 12.6 Å². The summed E-state index contributed by atoms with van der Waals surface area (Å²) < 4.78 is 5.51. The molecule has 0 saturated carbocycles. The van der Waals surface area contributed by atoms with Crippen LogP contribution < -0.4 is 5.32 Å². The van der Waals surface area contributed by atoms with Gasteiger partial charge in [-0.15, -0.1) is 0 Å². The SMILES string of the molecule is CCOCC(Nc1cc(CC)nc(C)n1)C(C)C. The van der Waals surface area contributed by atoms with Crippen LogP contribution in [0.15, 0.2) is 6.07 Å². The molecule has 0 saturated heterocycles. The lowest BCUT2D eigenvalue weighted by atomic mass is 10.1. The summed E-state index contributed by atoms with van der Waals surface area (Å²) in [5, 5.41) is 3.45. The topological polar surface area (TPSA) is 47.0 Å². The number of nitrogens with zero attached hydrogens (tertiary/aromatic N) is 2. The third-order valence-electron chi connectivity index (χ3n) is 2.89. The Bertz CT molecular complexity index is 366. The minimum absolute atomic E-state index is 0.281. The molecule has 0 aromatic carbocycles. The minimum atomic E-state index is 0.281. The lowest BCUT2D eigenvalue weighted by molar-refractivity contribution is 0.126. The summed E-state index contributed by atoms with van der Waals surface area (Å²) in [7, 11) is 0. The second kappa shape index (κ2) is 7.31. The van der Waals surface area contributed by atoms with Crippen molar-refractivity contribution in [1.82, 2.24) is 9.97 Å². The van der Waals surface area contributed by atoms with Gasteiger partial charge in [0.15, 0.2) is 0 Å². The Morgan fingerprint density at radius 3 is 2.56 bits per heavy atom. The average Bonchev–Trinajstić information content (AvgIpc) is 2.33. The molecule has 0 fully saturated rings. The highest BCUT2D eigenvalue weighted by molar-refractivity contribution is 5.37. The van der Waals surface area contributed by atoms with E-state index in [1.54, 1.807) is 0 Å². The molecule has 4 heteroatoms. The van der Waals surface area contributed by atoms with E-state index in [4.69, 9.17) is 4.74 Å². The van der Waals surface area contributed by atoms with E-state index in [1.807, 2.05) is 19.9 Å². The van der Waals surface area contributed by atoms with Crippen LogP contribution in [-0.4, -0.2) is 29.2 Å². The molecule has 0 aliphatic carbocycles. The Hall–Kier alpha value is -1.16. The summed E-state index contributed by atoms with van der Waals surface area (Å²) >= 11 is 0. The van der Waals surface area contributed by atoms with Gasteiger partial charge < -0.3 is 10.1 Å². The van der Waals surface area contributed by atoms with Gasteiger partial charge in [-0.1, -0.05) is 20.8 Å². The van der Waals surface area contributed by atoms with Gasteiger partial charge in [-0.3, -0.25) is 0 Å². The second-order valence-corrected chi connectivity index (χ2v) is 4.80. The molecule has 0 spiro atoms. The fourth-order valence-electron chi connectivity index (χ4n) is 1.72. The summed E-state index contributed by atoms with van der Waals surface area (Å²) in [6.45, 7) is 11.9. The van der Waals surface area contributed by atoms with Crippen LogP contribution >= 0.6 is 0 Å². The second-order valence-electron chi connectivity index (χ2n) is 4.80. The van der Waals surface area contributed by atoms with E-state index < -0.39 is 0 Å². The summed E-state index contributed by atoms with van der Waals surface area (Å²) in [6.07, 6.45) is 0.926. The zero-order valence-electron chi connectivity index (χ0n) is 12.2. The maximum absolute atomic E-state index is 5.51. The van der Waals surface area contributed by atoms with Crippen molar-refractivity contribution in [3.05, 3.63) is 17.6 Å². The Balaban J connectivity index is 2.76. The molecule has 0 radical (unpaired) electrons. The molecule has 1 atom stereocenters. The van der Waals surface area contributed by atoms with Crippen molar-refractivity contribution in [1.29, 1.82) is 0 Å². The van der Waals surface area contributed by atoms with Gasteiger partial charge in [-0.25, -0.2) is 9.97 Å². The van der Waals surface area contributed by atoms with Crippen LogP contribution in [0.4, 0.5) is 5.82 Å². The minimum Gasteiger partial charge on any atom is -0.380 e. The lowest BCUT2D eigenvalue weighted by Gasteiger charge is -2.23. The van der Waals surface area contributed by atoms with Crippen LogP contribution in [0.5, 0.6) is 0 Å². The molecule has 1 N–H and O–H groups in total. The number of aryl methyl sites for hydroxylation is 2. The third kappa shape index (κ3) is 4.61. The summed E-state index contributed by atoms with van der Waals surface area (Å²) in [5.41, 5.74) is 1.07. The molecule has 1 unspecified atom stereocenters. The smallest absolute Gasteiger partial charge is 0.130 e. The molecule has 4 nitrogen and oxygen atoms in total. The molecular weight excluding hydrogens is 226 g/mol. The molecule has 0 aliphatic heterocycles. The van der Waals surface area contributed by atoms with E-state index in [-0.39, 0.29) is 6.04 Å². The summed E-state index contributed by atoms with van der Waals surface area (Å²) in [5.74, 6) is 2.21. The number of rotatable bonds is 7. The number of anilines is 1. The summed E-state index contributed by atoms with van der Waals surface area (Å²) in [6, 6.07) is 2.30. The molecule has 1 rings (SSSR count). The number of nitrogens with one attached hydrogen (secondary N) is 1. The highest BCUT2D eigenvalue weighted by Crippen LogP contribution is 2.13. The molecule has 0 bridgehead atoms. The van der Waals surface area contributed by atoms with Gasteiger partial charge in [0.2, 0.25) is 0 Å². The molecule has 1 heterocycles. The van der Waals surface area contributed by atoms with Crippen molar-refractivity contribution in [2.24, 2.45) is 5.92 Å². The fraction of sp³-hybridized carbons (Fsp3) is 0.714. The number of ether oxygens (including phenoxy) is 1. The van der Waals surface area contributed by atoms with Crippen LogP contribution in [0.3, 0.4) is 0 Å². The van der Waals surface area contributed by atoms with Crippen LogP contribution in [-0.2, 0) is 11.2 Å². The van der Waals surface area contributed by atoms with E-state index in [1.165, 1.54) is 0 Å². The van der Waals surface area contributed by atoms with Gasteiger partial charge in [0, 0.05) is 18.4 Å². The quantitative estimate of drug-likeness (QED) is 0.809. The van der Waals surface area contributed by atoms with Crippen molar-refractivity contribution in [3.63, 3.8) is 0 Å². The van der Waals surface area contributed by atoms with E-state index in [0.29, 0.717) is 12.5 Å².